The van der Waals surface area contributed by atoms with Gasteiger partial charge in [0.05, 0.1) is 10.5 Å². The minimum Gasteiger partial charge on any atom is -0.449 e. The first-order valence-electron chi connectivity index (χ1n) is 10.3. The zero-order valence-electron chi connectivity index (χ0n) is 18.0. The van der Waals surface area contributed by atoms with Crippen LogP contribution in [0.4, 0.5) is 0 Å². The van der Waals surface area contributed by atoms with Crippen LogP contribution in [0.5, 0.6) is 0 Å². The van der Waals surface area contributed by atoms with Crippen molar-refractivity contribution in [3.63, 3.8) is 0 Å². The number of rotatable bonds is 7. The van der Waals surface area contributed by atoms with Crippen LogP contribution in [0, 0.1) is 5.92 Å². The Morgan fingerprint density at radius 3 is 2.48 bits per heavy atom. The number of ether oxygens (including phenoxy) is 1. The van der Waals surface area contributed by atoms with Crippen LogP contribution in [0.3, 0.4) is 0 Å². The van der Waals surface area contributed by atoms with Gasteiger partial charge in [-0.05, 0) is 48.6 Å². The van der Waals surface area contributed by atoms with Crippen LogP contribution >= 0.6 is 0 Å². The monoisotopic (exact) mass is 444 g/mol. The molecule has 1 N–H and O–H groups in total. The number of nitrogens with zero attached hydrogens (tertiary/aromatic N) is 1. The minimum absolute atomic E-state index is 0.0262. The summed E-state index contributed by atoms with van der Waals surface area (Å²) in [5, 5.41) is 2.71. The first-order chi connectivity index (χ1) is 14.7. The quantitative estimate of drug-likeness (QED) is 0.663. The highest BCUT2D eigenvalue weighted by molar-refractivity contribution is 7.89. The summed E-state index contributed by atoms with van der Waals surface area (Å²) in [6, 6.07) is 13.5. The molecule has 166 valence electrons. The van der Waals surface area contributed by atoms with Gasteiger partial charge in [0.2, 0.25) is 10.0 Å². The van der Waals surface area contributed by atoms with E-state index in [0.717, 1.165) is 11.1 Å². The van der Waals surface area contributed by atoms with Crippen LogP contribution in [-0.2, 0) is 32.5 Å². The molecule has 0 aromatic heterocycles. The lowest BCUT2D eigenvalue weighted by atomic mass is 10.0. The Morgan fingerprint density at radius 2 is 1.77 bits per heavy atom. The summed E-state index contributed by atoms with van der Waals surface area (Å²) >= 11 is 0. The SMILES string of the molecule is CC(C)CNC(=O)C(C)OC(=O)c1cccc(S(=O)(=O)N2CCc3ccccc3C2)c1. The van der Waals surface area contributed by atoms with Gasteiger partial charge in [0.1, 0.15) is 0 Å². The van der Waals surface area contributed by atoms with Crippen molar-refractivity contribution in [3.8, 4) is 0 Å². The predicted molar refractivity (Wildman–Crippen MR) is 117 cm³/mol. The molecule has 0 radical (unpaired) electrons. The molecule has 0 spiro atoms. The van der Waals surface area contributed by atoms with Crippen LogP contribution in [0.1, 0.15) is 42.3 Å². The summed E-state index contributed by atoms with van der Waals surface area (Å²) in [4.78, 5) is 24.6. The number of carbonyl (C=O) groups is 2. The third-order valence-corrected chi connectivity index (χ3v) is 6.98. The average Bonchev–Trinajstić information content (AvgIpc) is 2.77. The van der Waals surface area contributed by atoms with Gasteiger partial charge in [-0.15, -0.1) is 0 Å². The Labute approximate surface area is 183 Å². The highest BCUT2D eigenvalue weighted by Crippen LogP contribution is 2.25. The van der Waals surface area contributed by atoms with Crippen molar-refractivity contribution in [1.82, 2.24) is 9.62 Å². The van der Waals surface area contributed by atoms with Gasteiger partial charge in [-0.1, -0.05) is 44.2 Å². The molecule has 1 atom stereocenters. The maximum absolute atomic E-state index is 13.2. The molecule has 1 aliphatic rings. The molecule has 0 aliphatic carbocycles. The van der Waals surface area contributed by atoms with Crippen LogP contribution in [0.15, 0.2) is 53.4 Å². The van der Waals surface area contributed by atoms with Gasteiger partial charge in [0.15, 0.2) is 6.10 Å². The molecule has 2 aromatic carbocycles. The number of sulfonamides is 1. The molecule has 8 heteroatoms. The van der Waals surface area contributed by atoms with Crippen molar-refractivity contribution in [3.05, 3.63) is 65.2 Å². The van der Waals surface area contributed by atoms with E-state index in [2.05, 4.69) is 5.32 Å². The molecule has 0 saturated carbocycles. The largest absolute Gasteiger partial charge is 0.449 e. The summed E-state index contributed by atoms with van der Waals surface area (Å²) < 4.78 is 33.0. The Morgan fingerprint density at radius 1 is 1.06 bits per heavy atom. The molecule has 31 heavy (non-hydrogen) atoms. The smallest absolute Gasteiger partial charge is 0.338 e. The van der Waals surface area contributed by atoms with Crippen LogP contribution in [0.25, 0.3) is 0 Å². The van der Waals surface area contributed by atoms with Crippen molar-refractivity contribution in [2.24, 2.45) is 5.92 Å². The molecule has 1 aliphatic heterocycles. The highest BCUT2D eigenvalue weighted by atomic mass is 32.2. The second-order valence-electron chi connectivity index (χ2n) is 8.07. The van der Waals surface area contributed by atoms with E-state index in [0.29, 0.717) is 26.1 Å². The molecule has 0 saturated heterocycles. The zero-order chi connectivity index (χ0) is 22.6. The van der Waals surface area contributed by atoms with Gasteiger partial charge in [0, 0.05) is 19.6 Å². The fraction of sp³-hybridized carbons (Fsp3) is 0.391. The number of benzene rings is 2. The van der Waals surface area contributed by atoms with Crippen molar-refractivity contribution in [1.29, 1.82) is 0 Å². The topological polar surface area (TPSA) is 92.8 Å². The van der Waals surface area contributed by atoms with E-state index >= 15 is 0 Å². The van der Waals surface area contributed by atoms with Crippen molar-refractivity contribution in [2.45, 2.75) is 44.7 Å². The number of esters is 1. The Hall–Kier alpha value is -2.71. The maximum Gasteiger partial charge on any atom is 0.338 e. The molecular formula is C23H28N2O5S. The first kappa shape index (κ1) is 23.0. The van der Waals surface area contributed by atoms with Crippen molar-refractivity contribution >= 4 is 21.9 Å². The fourth-order valence-corrected chi connectivity index (χ4v) is 4.80. The summed E-state index contributed by atoms with van der Waals surface area (Å²) in [6.45, 7) is 6.56. The molecule has 3 rings (SSSR count). The van der Waals surface area contributed by atoms with Gasteiger partial charge in [-0.3, -0.25) is 4.79 Å². The Bertz CT molecular complexity index is 1070. The molecule has 2 aromatic rings. The molecule has 7 nitrogen and oxygen atoms in total. The highest BCUT2D eigenvalue weighted by Gasteiger charge is 2.29. The number of amides is 1. The minimum atomic E-state index is -3.78. The molecule has 1 heterocycles. The van der Waals surface area contributed by atoms with Crippen molar-refractivity contribution in [2.75, 3.05) is 13.1 Å². The second-order valence-corrected chi connectivity index (χ2v) is 10.0. The number of hydrogen-bond acceptors (Lipinski definition) is 5. The predicted octanol–water partition coefficient (Wildman–Crippen LogP) is 2.75. The molecule has 0 fully saturated rings. The Kier molecular flexibility index (Phi) is 7.12. The standard InChI is InChI=1S/C23H28N2O5S/c1-16(2)14-24-22(26)17(3)30-23(27)19-9-6-10-21(13-19)31(28,29)25-12-11-18-7-4-5-8-20(18)15-25/h4-10,13,16-17H,11-12,14-15H2,1-3H3,(H,24,26). The third kappa shape index (κ3) is 5.51. The average molecular weight is 445 g/mol. The summed E-state index contributed by atoms with van der Waals surface area (Å²) in [6.07, 6.45) is -0.342. The number of hydrogen-bond donors (Lipinski definition) is 1. The number of fused-ring (bicyclic) bond motifs is 1. The number of nitrogens with one attached hydrogen (secondary N) is 1. The van der Waals surface area contributed by atoms with Crippen molar-refractivity contribution < 1.29 is 22.7 Å². The first-order valence-corrected chi connectivity index (χ1v) is 11.8. The van der Waals surface area contributed by atoms with Crippen LogP contribution < -0.4 is 5.32 Å². The van der Waals surface area contributed by atoms with E-state index in [-0.39, 0.29) is 16.4 Å². The molecule has 1 unspecified atom stereocenters. The van der Waals surface area contributed by atoms with E-state index in [1.54, 1.807) is 0 Å². The normalized spacial score (nSPS) is 15.2. The lowest BCUT2D eigenvalue weighted by Crippen LogP contribution is -2.37. The summed E-state index contributed by atoms with van der Waals surface area (Å²) in [5.74, 6) is -0.860. The van der Waals surface area contributed by atoms with E-state index in [1.807, 2.05) is 38.1 Å². The van der Waals surface area contributed by atoms with E-state index in [4.69, 9.17) is 4.74 Å². The second kappa shape index (κ2) is 9.62. The van der Waals surface area contributed by atoms with Gasteiger partial charge in [-0.2, -0.15) is 4.31 Å². The maximum atomic E-state index is 13.2. The van der Waals surface area contributed by atoms with E-state index < -0.39 is 28.0 Å². The molecule has 0 bridgehead atoms. The zero-order valence-corrected chi connectivity index (χ0v) is 18.8. The van der Waals surface area contributed by atoms with Gasteiger partial charge < -0.3 is 10.1 Å². The third-order valence-electron chi connectivity index (χ3n) is 5.14. The van der Waals surface area contributed by atoms with Crippen LogP contribution in [0.2, 0.25) is 0 Å². The summed E-state index contributed by atoms with van der Waals surface area (Å²) in [5.41, 5.74) is 2.21. The van der Waals surface area contributed by atoms with Gasteiger partial charge in [0.25, 0.3) is 5.91 Å². The van der Waals surface area contributed by atoms with E-state index in [9.17, 15) is 18.0 Å². The summed E-state index contributed by atoms with van der Waals surface area (Å²) in [7, 11) is -3.78. The number of carbonyl (C=O) groups excluding carboxylic acids is 2. The van der Waals surface area contributed by atoms with E-state index in [1.165, 1.54) is 35.5 Å². The van der Waals surface area contributed by atoms with Gasteiger partial charge >= 0.3 is 5.97 Å². The molecule has 1 amide bonds. The molecular weight excluding hydrogens is 416 g/mol. The lowest BCUT2D eigenvalue weighted by Gasteiger charge is -2.28. The fourth-order valence-electron chi connectivity index (χ4n) is 3.34. The Balaban J connectivity index is 1.72. The van der Waals surface area contributed by atoms with Gasteiger partial charge in [-0.25, -0.2) is 13.2 Å². The lowest BCUT2D eigenvalue weighted by molar-refractivity contribution is -0.129. The van der Waals surface area contributed by atoms with Crippen LogP contribution in [-0.4, -0.2) is 43.8 Å².